The van der Waals surface area contributed by atoms with Crippen LogP contribution in [-0.2, 0) is 4.79 Å². The van der Waals surface area contributed by atoms with Crippen molar-refractivity contribution in [3.63, 3.8) is 0 Å². The number of carboxylic acid groups (broad SMARTS) is 1. The third-order valence-electron chi connectivity index (χ3n) is 4.57. The lowest BCUT2D eigenvalue weighted by Crippen LogP contribution is -2.46. The van der Waals surface area contributed by atoms with Gasteiger partial charge in [0.15, 0.2) is 4.32 Å². The Morgan fingerprint density at radius 2 is 1.80 bits per heavy atom. The number of carbonyl (C=O) groups excluding carboxylic acids is 2. The molecule has 0 spiro atoms. The van der Waals surface area contributed by atoms with Gasteiger partial charge in [-0.2, -0.15) is 5.01 Å². The van der Waals surface area contributed by atoms with E-state index in [1.807, 2.05) is 0 Å². The molecular formula is C22H12Cl3N3O5S2. The van der Waals surface area contributed by atoms with E-state index >= 15 is 0 Å². The number of hydrazine groups is 1. The van der Waals surface area contributed by atoms with Crippen LogP contribution in [0.2, 0.25) is 15.1 Å². The molecule has 8 nitrogen and oxygen atoms in total. The molecule has 2 heterocycles. The van der Waals surface area contributed by atoms with Crippen LogP contribution in [0.25, 0.3) is 17.4 Å². The van der Waals surface area contributed by atoms with Gasteiger partial charge in [-0.25, -0.2) is 15.0 Å². The summed E-state index contributed by atoms with van der Waals surface area (Å²) in [4.78, 5) is 36.5. The number of halogens is 3. The molecule has 3 amide bonds. The Morgan fingerprint density at radius 3 is 2.49 bits per heavy atom. The van der Waals surface area contributed by atoms with Crippen molar-refractivity contribution in [3.8, 4) is 11.3 Å². The zero-order valence-electron chi connectivity index (χ0n) is 17.2. The first-order valence-electron chi connectivity index (χ1n) is 9.56. The number of hydrogen-bond donors (Lipinski definition) is 3. The number of amides is 3. The molecule has 3 N–H and O–H groups in total. The second-order valence-electron chi connectivity index (χ2n) is 6.91. The quantitative estimate of drug-likeness (QED) is 0.237. The van der Waals surface area contributed by atoms with E-state index in [9.17, 15) is 14.4 Å². The van der Waals surface area contributed by atoms with Gasteiger partial charge in [-0.05, 0) is 54.7 Å². The number of anilines is 1. The van der Waals surface area contributed by atoms with Gasteiger partial charge in [-0.1, -0.05) is 52.6 Å². The molecule has 35 heavy (non-hydrogen) atoms. The van der Waals surface area contributed by atoms with Crippen LogP contribution >= 0.6 is 58.8 Å². The molecule has 3 aromatic rings. The maximum atomic E-state index is 12.8. The Labute approximate surface area is 222 Å². The summed E-state index contributed by atoms with van der Waals surface area (Å²) < 4.78 is 5.87. The highest BCUT2D eigenvalue weighted by Gasteiger charge is 2.34. The van der Waals surface area contributed by atoms with E-state index < -0.39 is 17.9 Å². The second-order valence-corrected chi connectivity index (χ2v) is 9.81. The minimum Gasteiger partial charge on any atom is -0.478 e. The van der Waals surface area contributed by atoms with Crippen LogP contribution in [0.3, 0.4) is 0 Å². The standard InChI is InChI=1S/C22H12Cl3N3O5S2/c23-14-5-2-11(8-16(14)25)26-21(32)27-28-19(29)18(35-22(28)34)9-12-3-6-17(33-12)10-1-4-13(20(30)31)15(24)7-10/h1-9H,(H,30,31)(H2,26,27,32)/b18-9-. The van der Waals surface area contributed by atoms with Crippen LogP contribution in [0.4, 0.5) is 10.5 Å². The number of urea groups is 1. The van der Waals surface area contributed by atoms with Crippen LogP contribution < -0.4 is 10.7 Å². The van der Waals surface area contributed by atoms with Crippen LogP contribution in [0, 0.1) is 0 Å². The van der Waals surface area contributed by atoms with Crippen molar-refractivity contribution >= 4 is 92.8 Å². The molecule has 178 valence electrons. The van der Waals surface area contributed by atoms with Crippen molar-refractivity contribution in [2.45, 2.75) is 0 Å². The molecule has 1 aliphatic rings. The average Bonchev–Trinajstić information content (AvgIpc) is 3.36. The van der Waals surface area contributed by atoms with E-state index in [-0.39, 0.29) is 24.8 Å². The highest BCUT2D eigenvalue weighted by atomic mass is 35.5. The summed E-state index contributed by atoms with van der Waals surface area (Å²) in [5.74, 6) is -0.914. The Kier molecular flexibility index (Phi) is 7.39. The first kappa shape index (κ1) is 25.1. The van der Waals surface area contributed by atoms with Gasteiger partial charge in [-0.15, -0.1) is 0 Å². The molecular weight excluding hydrogens is 557 g/mol. The first-order valence-corrected chi connectivity index (χ1v) is 11.9. The van der Waals surface area contributed by atoms with E-state index in [0.29, 0.717) is 27.8 Å². The number of carboxylic acids is 1. The fourth-order valence-corrected chi connectivity index (χ4v) is 4.67. The second kappa shape index (κ2) is 10.3. The Bertz CT molecular complexity index is 1420. The lowest BCUT2D eigenvalue weighted by molar-refractivity contribution is -0.123. The Balaban J connectivity index is 1.45. The van der Waals surface area contributed by atoms with E-state index in [1.165, 1.54) is 30.3 Å². The number of nitrogens with one attached hydrogen (secondary N) is 2. The third kappa shape index (κ3) is 5.63. The number of hydrogen-bond acceptors (Lipinski definition) is 6. The molecule has 1 saturated heterocycles. The molecule has 4 rings (SSSR count). The number of aromatic carboxylic acids is 1. The van der Waals surface area contributed by atoms with Crippen molar-refractivity contribution in [1.29, 1.82) is 0 Å². The van der Waals surface area contributed by atoms with E-state index in [4.69, 9.17) is 56.5 Å². The van der Waals surface area contributed by atoms with Gasteiger partial charge in [0.25, 0.3) is 5.91 Å². The maximum Gasteiger partial charge on any atom is 0.338 e. The molecule has 0 atom stereocenters. The van der Waals surface area contributed by atoms with Gasteiger partial charge < -0.3 is 14.8 Å². The molecule has 0 saturated carbocycles. The number of furan rings is 1. The van der Waals surface area contributed by atoms with Gasteiger partial charge in [-0.3, -0.25) is 4.79 Å². The zero-order chi connectivity index (χ0) is 25.3. The summed E-state index contributed by atoms with van der Waals surface area (Å²) in [5, 5.41) is 13.2. The molecule has 0 aliphatic carbocycles. The Hall–Kier alpha value is -3.02. The smallest absolute Gasteiger partial charge is 0.338 e. The summed E-state index contributed by atoms with van der Waals surface area (Å²) in [6.45, 7) is 0. The van der Waals surface area contributed by atoms with E-state index in [0.717, 1.165) is 16.8 Å². The highest BCUT2D eigenvalue weighted by Crippen LogP contribution is 2.33. The van der Waals surface area contributed by atoms with E-state index in [1.54, 1.807) is 24.3 Å². The number of rotatable bonds is 5. The topological polar surface area (TPSA) is 112 Å². The van der Waals surface area contributed by atoms with Crippen molar-refractivity contribution < 1.29 is 23.9 Å². The molecule has 1 fully saturated rings. The average molecular weight is 569 g/mol. The van der Waals surface area contributed by atoms with Gasteiger partial charge in [0.2, 0.25) is 0 Å². The minimum absolute atomic E-state index is 0.0263. The maximum absolute atomic E-state index is 12.8. The molecule has 1 aromatic heterocycles. The van der Waals surface area contributed by atoms with Gasteiger partial charge in [0, 0.05) is 17.3 Å². The lowest BCUT2D eigenvalue weighted by atomic mass is 10.1. The summed E-state index contributed by atoms with van der Waals surface area (Å²) >= 11 is 24.0. The van der Waals surface area contributed by atoms with Crippen molar-refractivity contribution in [2.24, 2.45) is 0 Å². The number of benzene rings is 2. The Morgan fingerprint density at radius 1 is 1.03 bits per heavy atom. The van der Waals surface area contributed by atoms with E-state index in [2.05, 4.69) is 10.7 Å². The predicted octanol–water partition coefficient (Wildman–Crippen LogP) is 6.54. The van der Waals surface area contributed by atoms with Crippen LogP contribution in [0.15, 0.2) is 57.9 Å². The largest absolute Gasteiger partial charge is 0.478 e. The summed E-state index contributed by atoms with van der Waals surface area (Å²) in [6, 6.07) is 11.5. The highest BCUT2D eigenvalue weighted by molar-refractivity contribution is 8.26. The van der Waals surface area contributed by atoms with Gasteiger partial charge in [0.05, 0.1) is 25.5 Å². The molecule has 2 aromatic carbocycles. The lowest BCUT2D eigenvalue weighted by Gasteiger charge is -2.16. The normalized spacial score (nSPS) is 14.5. The van der Waals surface area contributed by atoms with Crippen LogP contribution in [-0.4, -0.2) is 32.3 Å². The summed E-state index contributed by atoms with van der Waals surface area (Å²) in [5.41, 5.74) is 3.30. The van der Waals surface area contributed by atoms with Crippen LogP contribution in [0.5, 0.6) is 0 Å². The monoisotopic (exact) mass is 567 g/mol. The molecule has 0 bridgehead atoms. The number of thioether (sulfide) groups is 1. The van der Waals surface area contributed by atoms with Crippen LogP contribution in [0.1, 0.15) is 16.1 Å². The zero-order valence-corrected chi connectivity index (χ0v) is 21.1. The summed E-state index contributed by atoms with van der Waals surface area (Å²) in [7, 11) is 0. The SMILES string of the molecule is O=C(Nc1ccc(Cl)c(Cl)c1)NN1C(=O)/C(=C/c2ccc(-c3ccc(C(=O)O)c(Cl)c3)o2)SC1=S. The van der Waals surface area contributed by atoms with Gasteiger partial charge in [0.1, 0.15) is 11.5 Å². The molecule has 0 radical (unpaired) electrons. The molecule has 1 aliphatic heterocycles. The minimum atomic E-state index is -1.14. The molecule has 0 unspecified atom stereocenters. The fraction of sp³-hybridized carbons (Fsp3) is 0. The predicted molar refractivity (Wildman–Crippen MR) is 140 cm³/mol. The fourth-order valence-electron chi connectivity index (χ4n) is 2.96. The van der Waals surface area contributed by atoms with Crippen molar-refractivity contribution in [2.75, 3.05) is 5.32 Å². The van der Waals surface area contributed by atoms with Gasteiger partial charge >= 0.3 is 12.0 Å². The van der Waals surface area contributed by atoms with Crippen molar-refractivity contribution in [3.05, 3.63) is 79.8 Å². The number of thiocarbonyl (C=S) groups is 1. The third-order valence-corrected chi connectivity index (χ3v) is 6.92. The van der Waals surface area contributed by atoms with Crippen molar-refractivity contribution in [1.82, 2.24) is 10.4 Å². The molecule has 13 heteroatoms. The number of carbonyl (C=O) groups is 3. The summed E-state index contributed by atoms with van der Waals surface area (Å²) in [6.07, 6.45) is 1.48. The first-order chi connectivity index (χ1) is 16.6. The number of nitrogens with zero attached hydrogens (tertiary/aromatic N) is 1.